The number of hydrogen-bond acceptors (Lipinski definition) is 2. The van der Waals surface area contributed by atoms with E-state index in [9.17, 15) is 4.39 Å². The molecule has 0 aliphatic carbocycles. The quantitative estimate of drug-likeness (QED) is 0.512. The largest absolute Gasteiger partial charge is 0.392 e. The van der Waals surface area contributed by atoms with Gasteiger partial charge in [-0.25, -0.2) is 4.39 Å². The molecule has 0 aliphatic heterocycles. The zero-order valence-corrected chi connectivity index (χ0v) is 3.76. The Morgan fingerprint density at radius 2 is 2.14 bits per heavy atom. The Morgan fingerprint density at radius 1 is 1.57 bits per heavy atom. The maximum Gasteiger partial charge on any atom is 0.124 e. The molecule has 0 saturated heterocycles. The molecule has 0 saturated carbocycles. The summed E-state index contributed by atoms with van der Waals surface area (Å²) in [4.78, 5) is 0. The smallest absolute Gasteiger partial charge is 0.124 e. The van der Waals surface area contributed by atoms with Crippen LogP contribution in [0, 0.1) is 0 Å². The zero-order chi connectivity index (χ0) is 5.70. The van der Waals surface area contributed by atoms with Crippen LogP contribution in [0.5, 0.6) is 0 Å². The summed E-state index contributed by atoms with van der Waals surface area (Å²) in [5.41, 5.74) is 0. The van der Waals surface area contributed by atoms with E-state index >= 15 is 0 Å². The average Bonchev–Trinajstić information content (AvgIpc) is 1.68. The Bertz CT molecular complexity index is 70.1. The predicted octanol–water partition coefficient (Wildman–Crippen LogP) is -0.176. The van der Waals surface area contributed by atoms with Crippen molar-refractivity contribution in [2.75, 3.05) is 13.2 Å². The summed E-state index contributed by atoms with van der Waals surface area (Å²) in [5.74, 6) is -0.692. The SMILES string of the molecule is OC/C=C(\F)CO. The number of aliphatic hydroxyl groups is 2. The molecule has 0 heterocycles. The van der Waals surface area contributed by atoms with Crippen molar-refractivity contribution in [1.82, 2.24) is 0 Å². The second kappa shape index (κ2) is 3.77. The molecule has 0 aromatic carbocycles. The number of rotatable bonds is 2. The van der Waals surface area contributed by atoms with Gasteiger partial charge in [-0.2, -0.15) is 0 Å². The Morgan fingerprint density at radius 3 is 2.29 bits per heavy atom. The van der Waals surface area contributed by atoms with Gasteiger partial charge in [0.05, 0.1) is 13.2 Å². The van der Waals surface area contributed by atoms with Gasteiger partial charge in [0.15, 0.2) is 0 Å². The summed E-state index contributed by atoms with van der Waals surface area (Å²) in [6.45, 7) is -0.979. The lowest BCUT2D eigenvalue weighted by atomic mass is 10.5. The Kier molecular flexibility index (Phi) is 3.55. The maximum atomic E-state index is 11.6. The van der Waals surface area contributed by atoms with Crippen LogP contribution < -0.4 is 0 Å². The molecule has 0 bridgehead atoms. The monoisotopic (exact) mass is 106 g/mol. The fourth-order valence-corrected chi connectivity index (χ4v) is 0.164. The van der Waals surface area contributed by atoms with E-state index in [0.29, 0.717) is 0 Å². The van der Waals surface area contributed by atoms with E-state index in [1.54, 1.807) is 0 Å². The highest BCUT2D eigenvalue weighted by atomic mass is 19.1. The van der Waals surface area contributed by atoms with Crippen LogP contribution in [0.3, 0.4) is 0 Å². The van der Waals surface area contributed by atoms with Crippen LogP contribution in [0.2, 0.25) is 0 Å². The Hall–Kier alpha value is -0.410. The Balaban J connectivity index is 3.29. The third-order valence-corrected chi connectivity index (χ3v) is 0.464. The van der Waals surface area contributed by atoms with Gasteiger partial charge in [0, 0.05) is 0 Å². The van der Waals surface area contributed by atoms with Gasteiger partial charge < -0.3 is 10.2 Å². The summed E-state index contributed by atoms with van der Waals surface area (Å²) in [6.07, 6.45) is 0.903. The molecule has 0 aromatic heterocycles. The van der Waals surface area contributed by atoms with Crippen LogP contribution in [-0.2, 0) is 0 Å². The van der Waals surface area contributed by atoms with Crippen LogP contribution in [0.1, 0.15) is 0 Å². The first-order valence-corrected chi connectivity index (χ1v) is 1.87. The molecule has 2 nitrogen and oxygen atoms in total. The normalized spacial score (nSPS) is 12.1. The van der Waals surface area contributed by atoms with Gasteiger partial charge in [-0.15, -0.1) is 0 Å². The van der Waals surface area contributed by atoms with Crippen molar-refractivity contribution in [2.24, 2.45) is 0 Å². The third kappa shape index (κ3) is 3.42. The summed E-state index contributed by atoms with van der Waals surface area (Å²) in [5, 5.41) is 15.9. The minimum atomic E-state index is -0.692. The first-order chi connectivity index (χ1) is 3.31. The molecular weight excluding hydrogens is 99.0 g/mol. The molecule has 0 amide bonds. The fourth-order valence-electron chi connectivity index (χ4n) is 0.164. The van der Waals surface area contributed by atoms with Crippen LogP contribution >= 0.6 is 0 Å². The van der Waals surface area contributed by atoms with E-state index in [1.165, 1.54) is 0 Å². The second-order valence-electron chi connectivity index (χ2n) is 0.992. The minimum Gasteiger partial charge on any atom is -0.392 e. The number of halogens is 1. The second-order valence-corrected chi connectivity index (χ2v) is 0.992. The standard InChI is InChI=1S/C4H7FO2/c5-4(3-7)1-2-6/h1,6-7H,2-3H2/b4-1-. The molecule has 0 atom stereocenters. The highest BCUT2D eigenvalue weighted by Gasteiger charge is 1.84. The van der Waals surface area contributed by atoms with Crippen LogP contribution in [0.4, 0.5) is 4.39 Å². The maximum absolute atomic E-state index is 11.6. The summed E-state index contributed by atoms with van der Waals surface area (Å²) in [6, 6.07) is 0. The lowest BCUT2D eigenvalue weighted by molar-refractivity contribution is 0.289. The summed E-state index contributed by atoms with van der Waals surface area (Å²) in [7, 11) is 0. The van der Waals surface area contributed by atoms with Crippen molar-refractivity contribution < 1.29 is 14.6 Å². The number of aliphatic hydroxyl groups excluding tert-OH is 2. The lowest BCUT2D eigenvalue weighted by Crippen LogP contribution is -1.83. The van der Waals surface area contributed by atoms with Gasteiger partial charge in [-0.05, 0) is 6.08 Å². The molecule has 7 heavy (non-hydrogen) atoms. The van der Waals surface area contributed by atoms with Crippen molar-refractivity contribution in [3.63, 3.8) is 0 Å². The fraction of sp³-hybridized carbons (Fsp3) is 0.500. The van der Waals surface area contributed by atoms with Gasteiger partial charge in [0.1, 0.15) is 5.83 Å². The summed E-state index contributed by atoms with van der Waals surface area (Å²) >= 11 is 0. The predicted molar refractivity (Wildman–Crippen MR) is 23.4 cm³/mol. The molecule has 2 N–H and O–H groups in total. The van der Waals surface area contributed by atoms with Crippen LogP contribution in [-0.4, -0.2) is 23.4 Å². The van der Waals surface area contributed by atoms with Gasteiger partial charge in [0.2, 0.25) is 0 Å². The zero-order valence-electron chi connectivity index (χ0n) is 3.76. The van der Waals surface area contributed by atoms with Gasteiger partial charge in [0.25, 0.3) is 0 Å². The highest BCUT2D eigenvalue weighted by Crippen LogP contribution is 1.89. The molecule has 0 spiro atoms. The molecule has 0 aromatic rings. The van der Waals surface area contributed by atoms with Crippen molar-refractivity contribution in [2.45, 2.75) is 0 Å². The van der Waals surface area contributed by atoms with Gasteiger partial charge in [-0.1, -0.05) is 0 Å². The lowest BCUT2D eigenvalue weighted by Gasteiger charge is -1.83. The van der Waals surface area contributed by atoms with Gasteiger partial charge >= 0.3 is 0 Å². The van der Waals surface area contributed by atoms with Crippen LogP contribution in [0.15, 0.2) is 11.9 Å². The van der Waals surface area contributed by atoms with E-state index < -0.39 is 12.4 Å². The molecule has 3 heteroatoms. The minimum absolute atomic E-state index is 0.355. The van der Waals surface area contributed by atoms with E-state index in [4.69, 9.17) is 10.2 Å². The van der Waals surface area contributed by atoms with Crippen molar-refractivity contribution in [3.8, 4) is 0 Å². The Labute approximate surface area is 40.9 Å². The van der Waals surface area contributed by atoms with E-state index in [1.807, 2.05) is 0 Å². The molecule has 0 radical (unpaired) electrons. The number of hydrogen-bond donors (Lipinski definition) is 2. The van der Waals surface area contributed by atoms with E-state index in [0.717, 1.165) is 6.08 Å². The highest BCUT2D eigenvalue weighted by molar-refractivity contribution is 4.89. The van der Waals surface area contributed by atoms with E-state index in [-0.39, 0.29) is 6.61 Å². The molecule has 0 aliphatic rings. The van der Waals surface area contributed by atoms with Crippen molar-refractivity contribution >= 4 is 0 Å². The third-order valence-electron chi connectivity index (χ3n) is 0.464. The topological polar surface area (TPSA) is 40.5 Å². The van der Waals surface area contributed by atoms with E-state index in [2.05, 4.69) is 0 Å². The molecule has 0 fully saturated rings. The molecule has 0 rings (SSSR count). The van der Waals surface area contributed by atoms with Crippen molar-refractivity contribution in [3.05, 3.63) is 11.9 Å². The average molecular weight is 106 g/mol. The van der Waals surface area contributed by atoms with Crippen LogP contribution in [0.25, 0.3) is 0 Å². The molecule has 42 valence electrons. The van der Waals surface area contributed by atoms with Gasteiger partial charge in [-0.3, -0.25) is 0 Å². The van der Waals surface area contributed by atoms with Crippen molar-refractivity contribution in [1.29, 1.82) is 0 Å². The first kappa shape index (κ1) is 6.59. The molecule has 0 unspecified atom stereocenters. The summed E-state index contributed by atoms with van der Waals surface area (Å²) < 4.78 is 11.6. The first-order valence-electron chi connectivity index (χ1n) is 1.87. The molecular formula is C4H7FO2.